The van der Waals surface area contributed by atoms with Crippen molar-refractivity contribution in [3.63, 3.8) is 0 Å². The second-order valence-electron chi connectivity index (χ2n) is 4.63. The Hall–Kier alpha value is -1.56. The van der Waals surface area contributed by atoms with E-state index in [1.807, 2.05) is 6.07 Å². The molecule has 1 aliphatic rings. The predicted octanol–water partition coefficient (Wildman–Crippen LogP) is 2.40. The Kier molecular flexibility index (Phi) is 3.41. The number of nitrogens with zero attached hydrogens (tertiary/aromatic N) is 1. The standard InChI is InChI=1S/C13H11Cl2N3O2/c14-7-2-1-6(3-8(7)15)11-12-9(16-5-17-12)4-10(18-11)13(19)20/h1-3,5,10-11,18H,4H2,(H,16,17)(H,19,20). The van der Waals surface area contributed by atoms with Crippen molar-refractivity contribution in [3.05, 3.63) is 51.5 Å². The Labute approximate surface area is 124 Å². The second-order valence-corrected chi connectivity index (χ2v) is 5.45. The van der Waals surface area contributed by atoms with E-state index >= 15 is 0 Å². The molecule has 3 N–H and O–H groups in total. The lowest BCUT2D eigenvalue weighted by atomic mass is 9.94. The van der Waals surface area contributed by atoms with Crippen LogP contribution < -0.4 is 5.32 Å². The van der Waals surface area contributed by atoms with Crippen molar-refractivity contribution < 1.29 is 9.90 Å². The molecule has 5 nitrogen and oxygen atoms in total. The third-order valence-corrected chi connectivity index (χ3v) is 4.12. The van der Waals surface area contributed by atoms with Gasteiger partial charge in [-0.2, -0.15) is 0 Å². The van der Waals surface area contributed by atoms with Gasteiger partial charge in [0.1, 0.15) is 6.04 Å². The first-order chi connectivity index (χ1) is 9.56. The minimum absolute atomic E-state index is 0.319. The van der Waals surface area contributed by atoms with Gasteiger partial charge in [0.05, 0.1) is 28.1 Å². The van der Waals surface area contributed by atoms with Crippen molar-refractivity contribution in [2.75, 3.05) is 0 Å². The van der Waals surface area contributed by atoms with Gasteiger partial charge in [-0.1, -0.05) is 29.3 Å². The van der Waals surface area contributed by atoms with Gasteiger partial charge in [-0.15, -0.1) is 0 Å². The molecule has 104 valence electrons. The number of rotatable bonds is 2. The summed E-state index contributed by atoms with van der Waals surface area (Å²) in [7, 11) is 0. The molecule has 2 aromatic rings. The number of carbonyl (C=O) groups is 1. The number of carboxylic acid groups (broad SMARTS) is 1. The molecule has 2 heterocycles. The number of imidazole rings is 1. The van der Waals surface area contributed by atoms with E-state index in [1.165, 1.54) is 0 Å². The first-order valence-electron chi connectivity index (χ1n) is 6.02. The topological polar surface area (TPSA) is 78.0 Å². The highest BCUT2D eigenvalue weighted by Crippen LogP contribution is 2.32. The highest BCUT2D eigenvalue weighted by molar-refractivity contribution is 6.42. The third-order valence-electron chi connectivity index (χ3n) is 3.38. The molecule has 1 aromatic carbocycles. The van der Waals surface area contributed by atoms with E-state index in [9.17, 15) is 9.90 Å². The SMILES string of the molecule is O=C(O)C1Cc2[nH]cnc2C(c2ccc(Cl)c(Cl)c2)N1. The van der Waals surface area contributed by atoms with Crippen LogP contribution in [0.2, 0.25) is 10.0 Å². The molecule has 0 bridgehead atoms. The van der Waals surface area contributed by atoms with Gasteiger partial charge < -0.3 is 10.1 Å². The number of carboxylic acids is 1. The van der Waals surface area contributed by atoms with Gasteiger partial charge in [0.2, 0.25) is 0 Å². The van der Waals surface area contributed by atoms with Crippen molar-refractivity contribution in [2.45, 2.75) is 18.5 Å². The number of nitrogens with one attached hydrogen (secondary N) is 2. The summed E-state index contributed by atoms with van der Waals surface area (Å²) in [5, 5.41) is 13.2. The molecular weight excluding hydrogens is 301 g/mol. The third kappa shape index (κ3) is 2.28. The van der Waals surface area contributed by atoms with Crippen molar-refractivity contribution in [2.24, 2.45) is 0 Å². The molecular formula is C13H11Cl2N3O2. The number of hydrogen-bond donors (Lipinski definition) is 3. The Morgan fingerprint density at radius 1 is 1.35 bits per heavy atom. The normalized spacial score (nSPS) is 21.5. The number of aliphatic carboxylic acids is 1. The molecule has 2 atom stereocenters. The molecule has 0 saturated heterocycles. The van der Waals surface area contributed by atoms with Gasteiger partial charge in [0, 0.05) is 12.1 Å². The van der Waals surface area contributed by atoms with Crippen molar-refractivity contribution in [1.82, 2.24) is 15.3 Å². The number of halogens is 2. The maximum Gasteiger partial charge on any atom is 0.321 e. The molecule has 0 spiro atoms. The molecule has 7 heteroatoms. The van der Waals surface area contributed by atoms with Gasteiger partial charge >= 0.3 is 5.97 Å². The number of fused-ring (bicyclic) bond motifs is 1. The quantitative estimate of drug-likeness (QED) is 0.796. The largest absolute Gasteiger partial charge is 0.480 e. The van der Waals surface area contributed by atoms with Crippen LogP contribution in [0.15, 0.2) is 24.5 Å². The second kappa shape index (κ2) is 5.09. The summed E-state index contributed by atoms with van der Waals surface area (Å²) in [6.07, 6.45) is 1.95. The average Bonchev–Trinajstić information content (AvgIpc) is 2.89. The average molecular weight is 312 g/mol. The molecule has 0 fully saturated rings. The zero-order valence-corrected chi connectivity index (χ0v) is 11.7. The maximum absolute atomic E-state index is 11.2. The van der Waals surface area contributed by atoms with Gasteiger partial charge in [-0.3, -0.25) is 10.1 Å². The summed E-state index contributed by atoms with van der Waals surface area (Å²) in [5.74, 6) is -0.893. The minimum atomic E-state index is -0.893. The highest BCUT2D eigenvalue weighted by atomic mass is 35.5. The maximum atomic E-state index is 11.2. The number of benzene rings is 1. The van der Waals surface area contributed by atoms with Gasteiger partial charge in [0.25, 0.3) is 0 Å². The first-order valence-corrected chi connectivity index (χ1v) is 6.78. The van der Waals surface area contributed by atoms with E-state index in [4.69, 9.17) is 23.2 Å². The highest BCUT2D eigenvalue weighted by Gasteiger charge is 2.33. The Balaban J connectivity index is 2.03. The predicted molar refractivity (Wildman–Crippen MR) is 75.2 cm³/mol. The van der Waals surface area contributed by atoms with Gasteiger partial charge in [-0.25, -0.2) is 4.98 Å². The molecule has 2 unspecified atom stereocenters. The summed E-state index contributed by atoms with van der Waals surface area (Å²) in [6, 6.07) is 4.25. The summed E-state index contributed by atoms with van der Waals surface area (Å²) >= 11 is 11.9. The number of aromatic nitrogens is 2. The number of hydrogen-bond acceptors (Lipinski definition) is 3. The van der Waals surface area contributed by atoms with Gasteiger partial charge in [-0.05, 0) is 17.7 Å². The van der Waals surface area contributed by atoms with Crippen LogP contribution in [-0.4, -0.2) is 27.1 Å². The monoisotopic (exact) mass is 311 g/mol. The molecule has 20 heavy (non-hydrogen) atoms. The van der Waals surface area contributed by atoms with Crippen LogP contribution in [0.5, 0.6) is 0 Å². The van der Waals surface area contributed by atoms with E-state index in [0.717, 1.165) is 17.0 Å². The molecule has 0 radical (unpaired) electrons. The van der Waals surface area contributed by atoms with E-state index in [0.29, 0.717) is 16.5 Å². The number of aromatic amines is 1. The fraction of sp³-hybridized carbons (Fsp3) is 0.231. The molecule has 0 aliphatic carbocycles. The Morgan fingerprint density at radius 3 is 2.85 bits per heavy atom. The van der Waals surface area contributed by atoms with Crippen LogP contribution in [0.25, 0.3) is 0 Å². The van der Waals surface area contributed by atoms with Crippen LogP contribution in [0.4, 0.5) is 0 Å². The lowest BCUT2D eigenvalue weighted by Crippen LogP contribution is -2.45. The van der Waals surface area contributed by atoms with E-state index in [2.05, 4.69) is 15.3 Å². The Morgan fingerprint density at radius 2 is 2.15 bits per heavy atom. The summed E-state index contributed by atoms with van der Waals surface area (Å²) < 4.78 is 0. The van der Waals surface area contributed by atoms with E-state index in [1.54, 1.807) is 18.5 Å². The lowest BCUT2D eigenvalue weighted by molar-refractivity contribution is -0.139. The van der Waals surface area contributed by atoms with Crippen molar-refractivity contribution >= 4 is 29.2 Å². The van der Waals surface area contributed by atoms with Crippen molar-refractivity contribution in [3.8, 4) is 0 Å². The molecule has 1 aromatic heterocycles. The smallest absolute Gasteiger partial charge is 0.321 e. The van der Waals surface area contributed by atoms with Gasteiger partial charge in [0.15, 0.2) is 0 Å². The molecule has 3 rings (SSSR count). The minimum Gasteiger partial charge on any atom is -0.480 e. The zero-order chi connectivity index (χ0) is 14.3. The number of H-pyrrole nitrogens is 1. The molecule has 1 aliphatic heterocycles. The lowest BCUT2D eigenvalue weighted by Gasteiger charge is -2.28. The molecule has 0 saturated carbocycles. The van der Waals surface area contributed by atoms with Crippen LogP contribution in [-0.2, 0) is 11.2 Å². The zero-order valence-electron chi connectivity index (χ0n) is 10.2. The van der Waals surface area contributed by atoms with Crippen LogP contribution in [0.1, 0.15) is 23.0 Å². The van der Waals surface area contributed by atoms with E-state index < -0.39 is 12.0 Å². The summed E-state index contributed by atoms with van der Waals surface area (Å²) in [6.45, 7) is 0. The fourth-order valence-corrected chi connectivity index (χ4v) is 2.70. The fourth-order valence-electron chi connectivity index (χ4n) is 2.39. The Bertz CT molecular complexity index is 671. The van der Waals surface area contributed by atoms with Crippen LogP contribution in [0.3, 0.4) is 0 Å². The molecule has 0 amide bonds. The summed E-state index contributed by atoms with van der Waals surface area (Å²) in [5.41, 5.74) is 2.45. The van der Waals surface area contributed by atoms with Crippen LogP contribution in [0, 0.1) is 0 Å². The summed E-state index contributed by atoms with van der Waals surface area (Å²) in [4.78, 5) is 18.5. The van der Waals surface area contributed by atoms with Crippen LogP contribution >= 0.6 is 23.2 Å². The van der Waals surface area contributed by atoms with Crippen molar-refractivity contribution in [1.29, 1.82) is 0 Å². The first kappa shape index (κ1) is 13.4. The van der Waals surface area contributed by atoms with E-state index in [-0.39, 0.29) is 6.04 Å².